The molecule has 1 aliphatic rings. The molecule has 1 unspecified atom stereocenters. The molecule has 108 valence electrons. The maximum atomic E-state index is 5.73. The van der Waals surface area contributed by atoms with Gasteiger partial charge in [-0.1, -0.05) is 25.1 Å². The van der Waals surface area contributed by atoms with Crippen LogP contribution < -0.4 is 5.32 Å². The maximum absolute atomic E-state index is 5.73. The number of hydrogen-bond donors (Lipinski definition) is 1. The summed E-state index contributed by atoms with van der Waals surface area (Å²) in [6, 6.07) is 8.70. The van der Waals surface area contributed by atoms with Crippen LogP contribution in [0.15, 0.2) is 30.5 Å². The van der Waals surface area contributed by atoms with Gasteiger partial charge in [-0.25, -0.2) is 0 Å². The second kappa shape index (κ2) is 6.42. The number of hydrogen-bond acceptors (Lipinski definition) is 2. The molecule has 1 aromatic heterocycles. The maximum Gasteiger partial charge on any atom is 0.0593 e. The van der Waals surface area contributed by atoms with E-state index in [1.807, 2.05) is 0 Å². The molecular weight excluding hydrogens is 248 g/mol. The van der Waals surface area contributed by atoms with Crippen LogP contribution in [0.1, 0.15) is 31.7 Å². The largest absolute Gasteiger partial charge is 0.378 e. The molecule has 1 aliphatic heterocycles. The first kappa shape index (κ1) is 13.7. The van der Waals surface area contributed by atoms with Crippen molar-refractivity contribution in [1.29, 1.82) is 0 Å². The molecule has 0 aliphatic carbocycles. The lowest BCUT2D eigenvalue weighted by atomic mass is 10.2. The second-order valence-corrected chi connectivity index (χ2v) is 5.57. The van der Waals surface area contributed by atoms with E-state index in [1.165, 1.54) is 29.3 Å². The van der Waals surface area contributed by atoms with E-state index >= 15 is 0 Å². The lowest BCUT2D eigenvalue weighted by Crippen LogP contribution is -2.11. The minimum atomic E-state index is 0.466. The van der Waals surface area contributed by atoms with Gasteiger partial charge in [0.05, 0.1) is 6.10 Å². The first-order valence-electron chi connectivity index (χ1n) is 7.77. The quantitative estimate of drug-likeness (QED) is 0.873. The van der Waals surface area contributed by atoms with Gasteiger partial charge in [-0.15, -0.1) is 0 Å². The molecule has 2 aromatic rings. The van der Waals surface area contributed by atoms with E-state index in [4.69, 9.17) is 4.74 Å². The number of benzene rings is 1. The summed E-state index contributed by atoms with van der Waals surface area (Å²) in [7, 11) is 0. The van der Waals surface area contributed by atoms with Gasteiger partial charge in [0, 0.05) is 36.8 Å². The number of aryl methyl sites for hydroxylation is 1. The standard InChI is InChI=1S/C17H24N2O/c1-2-18-12-14-13-19(10-9-15-6-5-11-20-15)17-8-4-3-7-16(14)17/h3-4,7-8,13,15,18H,2,5-6,9-12H2,1H3. The fourth-order valence-corrected chi connectivity index (χ4v) is 3.06. The highest BCUT2D eigenvalue weighted by molar-refractivity contribution is 5.83. The highest BCUT2D eigenvalue weighted by atomic mass is 16.5. The summed E-state index contributed by atoms with van der Waals surface area (Å²) in [5.74, 6) is 0. The van der Waals surface area contributed by atoms with Crippen molar-refractivity contribution in [3.8, 4) is 0 Å². The molecule has 0 bridgehead atoms. The summed E-state index contributed by atoms with van der Waals surface area (Å²) in [4.78, 5) is 0. The van der Waals surface area contributed by atoms with Crippen LogP contribution in [0.3, 0.4) is 0 Å². The van der Waals surface area contributed by atoms with Crippen molar-refractivity contribution in [2.75, 3.05) is 13.2 Å². The average Bonchev–Trinajstić information content (AvgIpc) is 3.11. The van der Waals surface area contributed by atoms with Gasteiger partial charge in [-0.2, -0.15) is 0 Å². The number of aromatic nitrogens is 1. The lowest BCUT2D eigenvalue weighted by Gasteiger charge is -2.10. The van der Waals surface area contributed by atoms with E-state index in [9.17, 15) is 0 Å². The molecule has 1 atom stereocenters. The Bertz CT molecular complexity index is 555. The average molecular weight is 272 g/mol. The van der Waals surface area contributed by atoms with Crippen LogP contribution in [0.4, 0.5) is 0 Å². The molecule has 3 nitrogen and oxygen atoms in total. The zero-order valence-corrected chi connectivity index (χ0v) is 12.3. The minimum absolute atomic E-state index is 0.466. The number of nitrogens with zero attached hydrogens (tertiary/aromatic N) is 1. The third-order valence-electron chi connectivity index (χ3n) is 4.15. The molecular formula is C17H24N2O. The number of fused-ring (bicyclic) bond motifs is 1. The lowest BCUT2D eigenvalue weighted by molar-refractivity contribution is 0.101. The SMILES string of the molecule is CCNCc1cn(CCC2CCCO2)c2ccccc12. The fraction of sp³-hybridized carbons (Fsp3) is 0.529. The fourth-order valence-electron chi connectivity index (χ4n) is 3.06. The van der Waals surface area contributed by atoms with Crippen LogP contribution in [-0.4, -0.2) is 23.8 Å². The summed E-state index contributed by atoms with van der Waals surface area (Å²) in [5, 5.41) is 4.80. The second-order valence-electron chi connectivity index (χ2n) is 5.57. The summed E-state index contributed by atoms with van der Waals surface area (Å²) >= 11 is 0. The van der Waals surface area contributed by atoms with Gasteiger partial charge in [0.1, 0.15) is 0 Å². The van der Waals surface area contributed by atoms with E-state index in [1.54, 1.807) is 0 Å². The molecule has 0 saturated carbocycles. The molecule has 1 N–H and O–H groups in total. The molecule has 1 fully saturated rings. The van der Waals surface area contributed by atoms with E-state index in [0.717, 1.165) is 32.7 Å². The van der Waals surface area contributed by atoms with Crippen LogP contribution in [0, 0.1) is 0 Å². The molecule has 20 heavy (non-hydrogen) atoms. The molecule has 1 aromatic carbocycles. The smallest absolute Gasteiger partial charge is 0.0593 e. The molecule has 3 heteroatoms. The summed E-state index contributed by atoms with van der Waals surface area (Å²) in [5.41, 5.74) is 2.74. The Morgan fingerprint density at radius 2 is 2.25 bits per heavy atom. The molecule has 3 rings (SSSR count). The molecule has 0 spiro atoms. The Hall–Kier alpha value is -1.32. The van der Waals surface area contributed by atoms with E-state index in [0.29, 0.717) is 6.10 Å². The predicted octanol–water partition coefficient (Wildman–Crippen LogP) is 3.32. The van der Waals surface area contributed by atoms with E-state index < -0.39 is 0 Å². The zero-order chi connectivity index (χ0) is 13.8. The highest BCUT2D eigenvalue weighted by Crippen LogP contribution is 2.23. The Morgan fingerprint density at radius 1 is 1.35 bits per heavy atom. The molecule has 2 heterocycles. The van der Waals surface area contributed by atoms with Crippen molar-refractivity contribution in [3.63, 3.8) is 0 Å². The van der Waals surface area contributed by atoms with Crippen LogP contribution in [-0.2, 0) is 17.8 Å². The first-order valence-corrected chi connectivity index (χ1v) is 7.77. The van der Waals surface area contributed by atoms with E-state index in [2.05, 4.69) is 47.3 Å². The van der Waals surface area contributed by atoms with Gasteiger partial charge < -0.3 is 14.6 Å². The third kappa shape index (κ3) is 2.89. The van der Waals surface area contributed by atoms with Crippen molar-refractivity contribution in [1.82, 2.24) is 9.88 Å². The topological polar surface area (TPSA) is 26.2 Å². The number of ether oxygens (including phenoxy) is 1. The van der Waals surface area contributed by atoms with Gasteiger partial charge in [-0.05, 0) is 37.4 Å². The minimum Gasteiger partial charge on any atom is -0.378 e. The molecule has 1 saturated heterocycles. The number of para-hydroxylation sites is 1. The predicted molar refractivity (Wildman–Crippen MR) is 82.9 cm³/mol. The summed E-state index contributed by atoms with van der Waals surface area (Å²) in [6.07, 6.45) is 6.35. The summed E-state index contributed by atoms with van der Waals surface area (Å²) < 4.78 is 8.13. The zero-order valence-electron chi connectivity index (χ0n) is 12.3. The molecule has 0 radical (unpaired) electrons. The van der Waals surface area contributed by atoms with Gasteiger partial charge in [0.2, 0.25) is 0 Å². The monoisotopic (exact) mass is 272 g/mol. The van der Waals surface area contributed by atoms with Gasteiger partial charge in [0.15, 0.2) is 0 Å². The Morgan fingerprint density at radius 3 is 3.05 bits per heavy atom. The van der Waals surface area contributed by atoms with Gasteiger partial charge in [-0.3, -0.25) is 0 Å². The Balaban J connectivity index is 1.78. The van der Waals surface area contributed by atoms with Crippen LogP contribution in [0.2, 0.25) is 0 Å². The third-order valence-corrected chi connectivity index (χ3v) is 4.15. The van der Waals surface area contributed by atoms with E-state index in [-0.39, 0.29) is 0 Å². The van der Waals surface area contributed by atoms with Crippen molar-refractivity contribution < 1.29 is 4.74 Å². The number of nitrogens with one attached hydrogen (secondary N) is 1. The first-order chi connectivity index (χ1) is 9.88. The Kier molecular flexibility index (Phi) is 4.38. The normalized spacial score (nSPS) is 18.9. The van der Waals surface area contributed by atoms with Crippen LogP contribution >= 0.6 is 0 Å². The number of rotatable bonds is 6. The Labute approximate surface area is 120 Å². The van der Waals surface area contributed by atoms with Crippen LogP contribution in [0.5, 0.6) is 0 Å². The van der Waals surface area contributed by atoms with Crippen molar-refractivity contribution in [2.24, 2.45) is 0 Å². The highest BCUT2D eigenvalue weighted by Gasteiger charge is 2.16. The summed E-state index contributed by atoms with van der Waals surface area (Å²) in [6.45, 7) is 6.11. The van der Waals surface area contributed by atoms with Crippen molar-refractivity contribution in [3.05, 3.63) is 36.0 Å². The van der Waals surface area contributed by atoms with Crippen LogP contribution in [0.25, 0.3) is 10.9 Å². The van der Waals surface area contributed by atoms with Crippen molar-refractivity contribution in [2.45, 2.75) is 45.4 Å². The van der Waals surface area contributed by atoms with Gasteiger partial charge in [0.25, 0.3) is 0 Å². The van der Waals surface area contributed by atoms with Gasteiger partial charge >= 0.3 is 0 Å². The van der Waals surface area contributed by atoms with Crippen molar-refractivity contribution >= 4 is 10.9 Å². The molecule has 0 amide bonds.